The predicted molar refractivity (Wildman–Crippen MR) is 76.6 cm³/mol. The molecule has 0 amide bonds. The minimum Gasteiger partial charge on any atom is -0.497 e. The lowest BCUT2D eigenvalue weighted by molar-refractivity contribution is -0.143. The number of hydrogen-bond donors (Lipinski definition) is 1. The molecule has 0 bridgehead atoms. The maximum atomic E-state index is 12.4. The van der Waals surface area contributed by atoms with Gasteiger partial charge < -0.3 is 14.5 Å². The van der Waals surface area contributed by atoms with Crippen LogP contribution in [0.1, 0.15) is 6.92 Å². The summed E-state index contributed by atoms with van der Waals surface area (Å²) in [5.74, 6) is 0.0548. The monoisotopic (exact) mass is 294 g/mol. The second kappa shape index (κ2) is 5.87. The molecule has 7 heteroatoms. The topological polar surface area (TPSA) is 73.3 Å². The number of fused-ring (bicyclic) bond motifs is 1. The number of hydrogen-bond acceptors (Lipinski definition) is 5. The molecule has 106 valence electrons. The van der Waals surface area contributed by atoms with Gasteiger partial charge in [0.25, 0.3) is 5.56 Å². The molecule has 1 heterocycles. The molecule has 0 aliphatic heterocycles. The Hall–Kier alpha value is -2.15. The molecule has 0 saturated heterocycles. The van der Waals surface area contributed by atoms with E-state index in [0.717, 1.165) is 0 Å². The van der Waals surface area contributed by atoms with Gasteiger partial charge >= 0.3 is 5.97 Å². The van der Waals surface area contributed by atoms with Crippen LogP contribution in [-0.2, 0) is 16.1 Å². The highest BCUT2D eigenvalue weighted by Gasteiger charge is 2.10. The number of aromatic amines is 1. The average Bonchev–Trinajstić information content (AvgIpc) is 2.43. The molecule has 0 saturated carbocycles. The van der Waals surface area contributed by atoms with E-state index in [1.807, 2.05) is 0 Å². The summed E-state index contributed by atoms with van der Waals surface area (Å²) in [6.07, 6.45) is 0. The van der Waals surface area contributed by atoms with E-state index in [1.54, 1.807) is 25.1 Å². The predicted octanol–water partition coefficient (Wildman–Crippen LogP) is 1.63. The van der Waals surface area contributed by atoms with Gasteiger partial charge in [-0.25, -0.2) is 0 Å². The van der Waals surface area contributed by atoms with Gasteiger partial charge in [-0.2, -0.15) is 0 Å². The SMILES string of the molecule is CCOC(=O)Cn1c(=S)[nH]c2ccc(OC)cc2c1=O. The van der Waals surface area contributed by atoms with Crippen molar-refractivity contribution in [1.29, 1.82) is 0 Å². The van der Waals surface area contributed by atoms with Crippen molar-refractivity contribution in [3.05, 3.63) is 33.3 Å². The Labute approximate surface area is 119 Å². The zero-order valence-electron chi connectivity index (χ0n) is 11.1. The number of rotatable bonds is 4. The minimum absolute atomic E-state index is 0.181. The Morgan fingerprint density at radius 3 is 2.85 bits per heavy atom. The highest BCUT2D eigenvalue weighted by Crippen LogP contribution is 2.16. The van der Waals surface area contributed by atoms with Crippen LogP contribution in [0.4, 0.5) is 0 Å². The van der Waals surface area contributed by atoms with Crippen molar-refractivity contribution >= 4 is 29.1 Å². The third-order valence-electron chi connectivity index (χ3n) is 2.78. The number of methoxy groups -OCH3 is 1. The lowest BCUT2D eigenvalue weighted by Gasteiger charge is -2.08. The van der Waals surface area contributed by atoms with Gasteiger partial charge in [-0.15, -0.1) is 0 Å². The zero-order chi connectivity index (χ0) is 14.7. The third-order valence-corrected chi connectivity index (χ3v) is 3.10. The number of ether oxygens (including phenoxy) is 2. The van der Waals surface area contributed by atoms with E-state index < -0.39 is 5.97 Å². The van der Waals surface area contributed by atoms with Crippen LogP contribution in [-0.4, -0.2) is 29.2 Å². The van der Waals surface area contributed by atoms with Crippen molar-refractivity contribution in [3.63, 3.8) is 0 Å². The summed E-state index contributed by atoms with van der Waals surface area (Å²) in [6.45, 7) is 1.74. The molecule has 2 aromatic rings. The molecule has 2 rings (SSSR count). The molecular formula is C13H14N2O4S. The van der Waals surface area contributed by atoms with Crippen LogP contribution in [0.25, 0.3) is 10.9 Å². The van der Waals surface area contributed by atoms with E-state index in [2.05, 4.69) is 4.98 Å². The Balaban J connectivity index is 2.58. The summed E-state index contributed by atoms with van der Waals surface area (Å²) in [5, 5.41) is 0.405. The highest BCUT2D eigenvalue weighted by atomic mass is 32.1. The highest BCUT2D eigenvalue weighted by molar-refractivity contribution is 7.71. The van der Waals surface area contributed by atoms with E-state index >= 15 is 0 Å². The summed E-state index contributed by atoms with van der Waals surface area (Å²) in [5.41, 5.74) is 0.247. The maximum Gasteiger partial charge on any atom is 0.326 e. The summed E-state index contributed by atoms with van der Waals surface area (Å²) in [4.78, 5) is 26.8. The number of H-pyrrole nitrogens is 1. The number of carbonyl (C=O) groups is 1. The molecule has 1 aromatic heterocycles. The number of nitrogens with zero attached hydrogens (tertiary/aromatic N) is 1. The summed E-state index contributed by atoms with van der Waals surface area (Å²) < 4.78 is 11.3. The van der Waals surface area contributed by atoms with Gasteiger partial charge in [-0.1, -0.05) is 0 Å². The summed E-state index contributed by atoms with van der Waals surface area (Å²) in [7, 11) is 1.52. The largest absolute Gasteiger partial charge is 0.497 e. The van der Waals surface area contributed by atoms with Crippen molar-refractivity contribution in [3.8, 4) is 5.75 Å². The molecule has 0 fully saturated rings. The molecule has 0 spiro atoms. The second-order valence-electron chi connectivity index (χ2n) is 4.04. The van der Waals surface area contributed by atoms with Crippen LogP contribution in [0.15, 0.2) is 23.0 Å². The second-order valence-corrected chi connectivity index (χ2v) is 4.42. The van der Waals surface area contributed by atoms with E-state index in [1.165, 1.54) is 11.7 Å². The molecular weight excluding hydrogens is 280 g/mol. The van der Waals surface area contributed by atoms with Gasteiger partial charge in [-0.3, -0.25) is 14.2 Å². The Kier molecular flexibility index (Phi) is 4.19. The summed E-state index contributed by atoms with van der Waals surface area (Å²) in [6, 6.07) is 5.04. The molecule has 0 aliphatic rings. The lowest BCUT2D eigenvalue weighted by Crippen LogP contribution is -2.27. The number of benzene rings is 1. The van der Waals surface area contributed by atoms with Crippen LogP contribution < -0.4 is 10.3 Å². The molecule has 0 atom stereocenters. The molecule has 0 aliphatic carbocycles. The minimum atomic E-state index is -0.503. The van der Waals surface area contributed by atoms with Crippen molar-refractivity contribution in [2.45, 2.75) is 13.5 Å². The first kappa shape index (κ1) is 14.3. The van der Waals surface area contributed by atoms with E-state index in [4.69, 9.17) is 21.7 Å². The third kappa shape index (κ3) is 2.72. The molecule has 20 heavy (non-hydrogen) atoms. The van der Waals surface area contributed by atoms with Crippen molar-refractivity contribution in [2.24, 2.45) is 0 Å². The van der Waals surface area contributed by atoms with E-state index in [9.17, 15) is 9.59 Å². The molecule has 0 unspecified atom stereocenters. The van der Waals surface area contributed by atoms with Gasteiger partial charge in [0.05, 0.1) is 24.6 Å². The fraction of sp³-hybridized carbons (Fsp3) is 0.308. The molecule has 1 aromatic carbocycles. The fourth-order valence-corrected chi connectivity index (χ4v) is 2.09. The first-order chi connectivity index (χ1) is 9.56. The van der Waals surface area contributed by atoms with E-state index in [0.29, 0.717) is 16.7 Å². The Morgan fingerprint density at radius 1 is 1.45 bits per heavy atom. The normalized spacial score (nSPS) is 10.5. The van der Waals surface area contributed by atoms with E-state index in [-0.39, 0.29) is 23.5 Å². The lowest BCUT2D eigenvalue weighted by atomic mass is 10.2. The van der Waals surface area contributed by atoms with Gasteiger partial charge in [0.2, 0.25) is 0 Å². The van der Waals surface area contributed by atoms with Gasteiger partial charge in [0, 0.05) is 0 Å². The van der Waals surface area contributed by atoms with Crippen molar-refractivity contribution in [2.75, 3.05) is 13.7 Å². The van der Waals surface area contributed by atoms with Crippen LogP contribution in [0, 0.1) is 4.77 Å². The van der Waals surface area contributed by atoms with Crippen LogP contribution in [0.2, 0.25) is 0 Å². The number of nitrogens with one attached hydrogen (secondary N) is 1. The van der Waals surface area contributed by atoms with Crippen LogP contribution in [0.5, 0.6) is 5.75 Å². The van der Waals surface area contributed by atoms with Crippen molar-refractivity contribution in [1.82, 2.24) is 9.55 Å². The smallest absolute Gasteiger partial charge is 0.326 e. The van der Waals surface area contributed by atoms with Crippen LogP contribution in [0.3, 0.4) is 0 Å². The van der Waals surface area contributed by atoms with Crippen LogP contribution >= 0.6 is 12.2 Å². The number of esters is 1. The molecule has 0 radical (unpaired) electrons. The first-order valence-corrected chi connectivity index (χ1v) is 6.44. The standard InChI is InChI=1S/C13H14N2O4S/c1-3-19-11(16)7-15-12(17)9-6-8(18-2)4-5-10(9)14-13(15)20/h4-6H,3,7H2,1-2H3,(H,14,20). The molecule has 1 N–H and O–H groups in total. The Bertz CT molecular complexity index is 763. The number of aromatic nitrogens is 2. The average molecular weight is 294 g/mol. The summed E-state index contributed by atoms with van der Waals surface area (Å²) >= 11 is 5.10. The van der Waals surface area contributed by atoms with Gasteiger partial charge in [-0.05, 0) is 37.3 Å². The van der Waals surface area contributed by atoms with Gasteiger partial charge in [0.15, 0.2) is 4.77 Å². The zero-order valence-corrected chi connectivity index (χ0v) is 12.0. The quantitative estimate of drug-likeness (QED) is 0.685. The first-order valence-electron chi connectivity index (χ1n) is 6.03. The van der Waals surface area contributed by atoms with Gasteiger partial charge in [0.1, 0.15) is 12.3 Å². The molecule has 6 nitrogen and oxygen atoms in total. The Morgan fingerprint density at radius 2 is 2.20 bits per heavy atom. The number of carbonyl (C=O) groups excluding carboxylic acids is 1. The van der Waals surface area contributed by atoms with Crippen molar-refractivity contribution < 1.29 is 14.3 Å². The fourth-order valence-electron chi connectivity index (χ4n) is 1.84. The maximum absolute atomic E-state index is 12.4.